The van der Waals surface area contributed by atoms with E-state index in [0.29, 0.717) is 12.4 Å². The van der Waals surface area contributed by atoms with Crippen molar-refractivity contribution in [1.82, 2.24) is 0 Å². The number of hydrogen-bond acceptors (Lipinski definition) is 6. The normalized spacial score (nSPS) is 19.4. The summed E-state index contributed by atoms with van der Waals surface area (Å²) in [4.78, 5) is 25.2. The average molecular weight is 464 g/mol. The van der Waals surface area contributed by atoms with Crippen molar-refractivity contribution in [2.75, 3.05) is 6.61 Å². The summed E-state index contributed by atoms with van der Waals surface area (Å²) in [6, 6.07) is 24.0. The van der Waals surface area contributed by atoms with Crippen LogP contribution in [-0.4, -0.2) is 23.5 Å². The lowest BCUT2D eigenvalue weighted by molar-refractivity contribution is -0.527. The van der Waals surface area contributed by atoms with Crippen molar-refractivity contribution in [1.29, 1.82) is 0 Å². The zero-order chi connectivity index (χ0) is 23.2. The molecule has 33 heavy (non-hydrogen) atoms. The highest BCUT2D eigenvalue weighted by Gasteiger charge is 2.47. The van der Waals surface area contributed by atoms with Crippen molar-refractivity contribution in [3.63, 3.8) is 0 Å². The van der Waals surface area contributed by atoms with Crippen LogP contribution in [0.4, 0.5) is 0 Å². The van der Waals surface area contributed by atoms with Gasteiger partial charge in [0.25, 0.3) is 0 Å². The average Bonchev–Trinajstić information content (AvgIpc) is 2.83. The smallest absolute Gasteiger partial charge is 0.306 e. The molecule has 0 spiro atoms. The molecule has 0 aromatic heterocycles. The van der Waals surface area contributed by atoms with E-state index >= 15 is 0 Å². The molecule has 3 aromatic carbocycles. The van der Waals surface area contributed by atoms with Crippen molar-refractivity contribution in [3.8, 4) is 5.75 Å². The molecule has 4 rings (SSSR count). The molecule has 3 aromatic rings. The molecule has 1 aliphatic rings. The molecule has 0 saturated heterocycles. The predicted molar refractivity (Wildman–Crippen MR) is 127 cm³/mol. The molecule has 170 valence electrons. The van der Waals surface area contributed by atoms with Crippen LogP contribution in [0.2, 0.25) is 0 Å². The van der Waals surface area contributed by atoms with Crippen molar-refractivity contribution >= 4 is 17.7 Å². The molecule has 0 N–H and O–H groups in total. The molecule has 0 bridgehead atoms. The van der Waals surface area contributed by atoms with E-state index in [1.807, 2.05) is 78.9 Å². The Hall–Kier alpha value is -3.32. The number of rotatable bonds is 8. The quantitative estimate of drug-likeness (QED) is 0.239. The third-order valence-electron chi connectivity index (χ3n) is 5.69. The Labute approximate surface area is 197 Å². The number of carbonyl (C=O) groups excluding carboxylic acids is 1. The van der Waals surface area contributed by atoms with Gasteiger partial charge in [-0.2, -0.15) is 0 Å². The van der Waals surface area contributed by atoms with Gasteiger partial charge in [0.2, 0.25) is 6.04 Å². The number of nitrogens with zero attached hydrogens (tertiary/aromatic N) is 1. The van der Waals surface area contributed by atoms with Gasteiger partial charge in [-0.1, -0.05) is 60.7 Å². The fourth-order valence-electron chi connectivity index (χ4n) is 4.14. The van der Waals surface area contributed by atoms with E-state index in [2.05, 4.69) is 0 Å². The van der Waals surface area contributed by atoms with Crippen molar-refractivity contribution in [2.45, 2.75) is 42.1 Å². The molecule has 3 atom stereocenters. The Morgan fingerprint density at radius 3 is 2.39 bits per heavy atom. The van der Waals surface area contributed by atoms with Crippen molar-refractivity contribution in [3.05, 3.63) is 106 Å². The van der Waals surface area contributed by atoms with Gasteiger partial charge in [-0.3, -0.25) is 14.9 Å². The maximum absolute atomic E-state index is 12.3. The first kappa shape index (κ1) is 22.9. The van der Waals surface area contributed by atoms with Gasteiger partial charge < -0.3 is 9.47 Å². The number of nitro groups is 1. The number of ether oxygens (including phenoxy) is 2. The number of fused-ring (bicyclic) bond motifs is 1. The summed E-state index contributed by atoms with van der Waals surface area (Å²) in [6.45, 7) is 2.43. The van der Waals surface area contributed by atoms with Crippen molar-refractivity contribution < 1.29 is 19.2 Å². The maximum atomic E-state index is 12.3. The van der Waals surface area contributed by atoms with E-state index in [9.17, 15) is 14.9 Å². The van der Waals surface area contributed by atoms with Crippen LogP contribution in [0.1, 0.15) is 41.2 Å². The molecular weight excluding hydrogens is 438 g/mol. The molecule has 6 nitrogen and oxygen atoms in total. The highest BCUT2D eigenvalue weighted by molar-refractivity contribution is 7.99. The van der Waals surface area contributed by atoms with Crippen LogP contribution in [0.25, 0.3) is 0 Å². The molecule has 0 radical (unpaired) electrons. The lowest BCUT2D eigenvalue weighted by Crippen LogP contribution is -2.37. The van der Waals surface area contributed by atoms with Gasteiger partial charge in [0.15, 0.2) is 0 Å². The summed E-state index contributed by atoms with van der Waals surface area (Å²) in [5, 5.41) is 11.8. The van der Waals surface area contributed by atoms with Crippen LogP contribution in [0.5, 0.6) is 5.75 Å². The van der Waals surface area contributed by atoms with Gasteiger partial charge in [-0.05, 0) is 41.8 Å². The van der Waals surface area contributed by atoms with Crippen molar-refractivity contribution in [2.24, 2.45) is 0 Å². The zero-order valence-electron chi connectivity index (χ0n) is 18.3. The maximum Gasteiger partial charge on any atom is 0.306 e. The van der Waals surface area contributed by atoms with Crippen LogP contribution in [-0.2, 0) is 16.1 Å². The van der Waals surface area contributed by atoms with E-state index in [1.165, 1.54) is 11.8 Å². The van der Waals surface area contributed by atoms with E-state index in [1.54, 1.807) is 6.92 Å². The van der Waals surface area contributed by atoms with Gasteiger partial charge in [0.1, 0.15) is 17.6 Å². The summed E-state index contributed by atoms with van der Waals surface area (Å²) in [5.74, 6) is -0.278. The molecular formula is C26H25NO5S. The number of thioether (sulfide) groups is 1. The van der Waals surface area contributed by atoms with Gasteiger partial charge >= 0.3 is 5.97 Å². The third kappa shape index (κ3) is 5.37. The van der Waals surface area contributed by atoms with E-state index in [4.69, 9.17) is 9.47 Å². The van der Waals surface area contributed by atoms with E-state index in [0.717, 1.165) is 21.6 Å². The number of esters is 1. The molecule has 0 fully saturated rings. The zero-order valence-corrected chi connectivity index (χ0v) is 19.1. The number of carbonyl (C=O) groups is 1. The topological polar surface area (TPSA) is 78.7 Å². The lowest BCUT2D eigenvalue weighted by atomic mass is 9.84. The number of hydrogen-bond donors (Lipinski definition) is 0. The van der Waals surface area contributed by atoms with Gasteiger partial charge in [-0.15, -0.1) is 11.8 Å². The summed E-state index contributed by atoms with van der Waals surface area (Å²) < 4.78 is 11.0. The SMILES string of the molecule is CCOC(=O)C[C@@H]1c2ccccc2S[C@H](c2ccc(OCc3ccccc3)cc2)[C@H]1[N+](=O)[O-]. The second kappa shape index (κ2) is 10.5. The first-order valence-corrected chi connectivity index (χ1v) is 11.8. The van der Waals surface area contributed by atoms with Gasteiger partial charge in [-0.25, -0.2) is 0 Å². The fraction of sp³-hybridized carbons (Fsp3) is 0.269. The Kier molecular flexibility index (Phi) is 7.29. The Bertz CT molecular complexity index is 1100. The third-order valence-corrected chi connectivity index (χ3v) is 7.12. The highest BCUT2D eigenvalue weighted by atomic mass is 32.2. The van der Waals surface area contributed by atoms with Gasteiger partial charge in [0.05, 0.1) is 18.9 Å². The summed E-state index contributed by atoms with van der Waals surface area (Å²) >= 11 is 1.47. The van der Waals surface area contributed by atoms with E-state index < -0.39 is 23.2 Å². The Morgan fingerprint density at radius 1 is 1.00 bits per heavy atom. The second-order valence-electron chi connectivity index (χ2n) is 7.81. The summed E-state index contributed by atoms with van der Waals surface area (Å²) in [6.07, 6.45) is -0.0220. The summed E-state index contributed by atoms with van der Waals surface area (Å²) in [5.41, 5.74) is 2.73. The highest BCUT2D eigenvalue weighted by Crippen LogP contribution is 2.52. The first-order valence-electron chi connectivity index (χ1n) is 10.9. The van der Waals surface area contributed by atoms with E-state index in [-0.39, 0.29) is 18.0 Å². The molecule has 0 amide bonds. The Morgan fingerprint density at radius 2 is 1.70 bits per heavy atom. The number of benzene rings is 3. The van der Waals surface area contributed by atoms with Crippen LogP contribution in [0.3, 0.4) is 0 Å². The lowest BCUT2D eigenvalue weighted by Gasteiger charge is -2.33. The molecule has 0 saturated carbocycles. The minimum atomic E-state index is -0.953. The van der Waals surface area contributed by atoms with Crippen LogP contribution in [0, 0.1) is 10.1 Å². The monoisotopic (exact) mass is 463 g/mol. The minimum absolute atomic E-state index is 0.0220. The van der Waals surface area contributed by atoms with Crippen LogP contribution >= 0.6 is 11.8 Å². The van der Waals surface area contributed by atoms with Crippen LogP contribution in [0.15, 0.2) is 83.8 Å². The first-order chi connectivity index (χ1) is 16.1. The molecule has 7 heteroatoms. The molecule has 0 unspecified atom stereocenters. The Balaban J connectivity index is 1.59. The molecule has 1 heterocycles. The largest absolute Gasteiger partial charge is 0.489 e. The molecule has 0 aliphatic carbocycles. The fourth-order valence-corrected chi connectivity index (χ4v) is 5.65. The van der Waals surface area contributed by atoms with Gasteiger partial charge in [0, 0.05) is 9.82 Å². The summed E-state index contributed by atoms with van der Waals surface area (Å²) in [7, 11) is 0. The molecule has 1 aliphatic heterocycles. The standard InChI is InChI=1S/C26H25NO5S/c1-2-31-24(28)16-22-21-10-6-7-11-23(21)33-26(25(22)27(29)30)19-12-14-20(15-13-19)32-17-18-8-4-3-5-9-18/h3-15,22,25-26H,2,16-17H2,1H3/t22-,25+,26-/m1/s1. The van der Waals surface area contributed by atoms with Crippen LogP contribution < -0.4 is 4.74 Å². The second-order valence-corrected chi connectivity index (χ2v) is 8.99. The predicted octanol–water partition coefficient (Wildman–Crippen LogP) is 5.79. The minimum Gasteiger partial charge on any atom is -0.489 e.